The Labute approximate surface area is 127 Å². The molecule has 19 heavy (non-hydrogen) atoms. The van der Waals surface area contributed by atoms with E-state index in [2.05, 4.69) is 72.1 Å². The lowest BCUT2D eigenvalue weighted by Crippen LogP contribution is -2.23. The largest absolute Gasteiger partial charge is 0.302 e. The van der Waals surface area contributed by atoms with Gasteiger partial charge in [0.05, 0.1) is 10.7 Å². The zero-order valence-electron chi connectivity index (χ0n) is 11.7. The number of rotatable bonds is 4. The zero-order valence-corrected chi connectivity index (χ0v) is 14.1. The number of thiazole rings is 1. The van der Waals surface area contributed by atoms with Crippen LogP contribution in [0.4, 0.5) is 0 Å². The van der Waals surface area contributed by atoms with E-state index in [1.807, 2.05) is 6.07 Å². The summed E-state index contributed by atoms with van der Waals surface area (Å²) in [6.45, 7) is 8.57. The van der Waals surface area contributed by atoms with Crippen molar-refractivity contribution in [2.75, 3.05) is 0 Å². The molecule has 0 saturated carbocycles. The van der Waals surface area contributed by atoms with Gasteiger partial charge in [0.15, 0.2) is 0 Å². The minimum absolute atomic E-state index is 0.263. The summed E-state index contributed by atoms with van der Waals surface area (Å²) in [4.78, 5) is 5.93. The van der Waals surface area contributed by atoms with Gasteiger partial charge in [-0.25, -0.2) is 4.98 Å². The molecule has 0 bridgehead atoms. The molecule has 1 heterocycles. The van der Waals surface area contributed by atoms with E-state index in [0.717, 1.165) is 9.48 Å². The van der Waals surface area contributed by atoms with Crippen LogP contribution in [-0.4, -0.2) is 4.98 Å². The molecular formula is C15H19BrN2S. The van der Waals surface area contributed by atoms with Crippen molar-refractivity contribution in [3.63, 3.8) is 0 Å². The summed E-state index contributed by atoms with van der Waals surface area (Å²) in [5.74, 6) is 0. The second kappa shape index (κ2) is 6.16. The third-order valence-electron chi connectivity index (χ3n) is 3.20. The van der Waals surface area contributed by atoms with Crippen molar-refractivity contribution >= 4 is 27.3 Å². The van der Waals surface area contributed by atoms with Crippen LogP contribution in [0.2, 0.25) is 0 Å². The van der Waals surface area contributed by atoms with E-state index in [-0.39, 0.29) is 6.04 Å². The van der Waals surface area contributed by atoms with Crippen LogP contribution in [0.1, 0.15) is 47.1 Å². The highest BCUT2D eigenvalue weighted by atomic mass is 79.9. The summed E-state index contributed by atoms with van der Waals surface area (Å²) in [6, 6.07) is 8.99. The Balaban J connectivity index is 2.10. The lowest BCUT2D eigenvalue weighted by molar-refractivity contribution is 0.486. The number of nitrogens with zero attached hydrogens (tertiary/aromatic N) is 1. The van der Waals surface area contributed by atoms with Gasteiger partial charge < -0.3 is 5.32 Å². The fraction of sp³-hybridized carbons (Fsp3) is 0.400. The van der Waals surface area contributed by atoms with Gasteiger partial charge in [-0.3, -0.25) is 0 Å². The molecule has 0 spiro atoms. The SMILES string of the molecule is Cc1nc(C(C)N[C@H](C)c2cccc(Br)c2)c(C)s1. The molecule has 2 rings (SSSR count). The van der Waals surface area contributed by atoms with E-state index in [4.69, 9.17) is 0 Å². The molecule has 0 aliphatic heterocycles. The Hall–Kier alpha value is -0.710. The lowest BCUT2D eigenvalue weighted by Gasteiger charge is -2.20. The average molecular weight is 339 g/mol. The highest BCUT2D eigenvalue weighted by Gasteiger charge is 2.16. The van der Waals surface area contributed by atoms with E-state index in [1.54, 1.807) is 11.3 Å². The molecule has 2 aromatic rings. The Morgan fingerprint density at radius 2 is 1.95 bits per heavy atom. The van der Waals surface area contributed by atoms with Crippen LogP contribution in [-0.2, 0) is 0 Å². The van der Waals surface area contributed by atoms with Crippen molar-refractivity contribution in [2.24, 2.45) is 0 Å². The van der Waals surface area contributed by atoms with Gasteiger partial charge in [0.2, 0.25) is 0 Å². The minimum atomic E-state index is 0.263. The molecule has 1 aromatic carbocycles. The summed E-state index contributed by atoms with van der Waals surface area (Å²) in [5.41, 5.74) is 2.45. The second-order valence-electron chi connectivity index (χ2n) is 4.84. The summed E-state index contributed by atoms with van der Waals surface area (Å²) >= 11 is 5.28. The normalized spacial score (nSPS) is 14.4. The molecule has 0 radical (unpaired) electrons. The highest BCUT2D eigenvalue weighted by Crippen LogP contribution is 2.25. The molecule has 1 unspecified atom stereocenters. The standard InChI is InChI=1S/C15H19BrN2S/c1-9(13-6-5-7-14(16)8-13)17-10(2)15-11(3)19-12(4)18-15/h5-10,17H,1-4H3/t9-,10?/m1/s1. The number of aromatic nitrogens is 1. The summed E-state index contributed by atoms with van der Waals surface area (Å²) < 4.78 is 1.12. The number of hydrogen-bond donors (Lipinski definition) is 1. The van der Waals surface area contributed by atoms with Gasteiger partial charge in [0.25, 0.3) is 0 Å². The van der Waals surface area contributed by atoms with Crippen molar-refractivity contribution in [3.05, 3.63) is 49.9 Å². The predicted octanol–water partition coefficient (Wildman–Crippen LogP) is 4.93. The van der Waals surface area contributed by atoms with Crippen LogP contribution in [0.15, 0.2) is 28.7 Å². The number of halogens is 1. The van der Waals surface area contributed by atoms with Gasteiger partial charge in [0.1, 0.15) is 0 Å². The third kappa shape index (κ3) is 3.65. The molecule has 4 heteroatoms. The number of benzene rings is 1. The molecule has 2 nitrogen and oxygen atoms in total. The predicted molar refractivity (Wildman–Crippen MR) is 85.7 cm³/mol. The number of nitrogens with one attached hydrogen (secondary N) is 1. The van der Waals surface area contributed by atoms with Crippen LogP contribution in [0.5, 0.6) is 0 Å². The molecule has 0 aliphatic rings. The fourth-order valence-corrected chi connectivity index (χ4v) is 3.60. The van der Waals surface area contributed by atoms with Crippen LogP contribution in [0.25, 0.3) is 0 Å². The van der Waals surface area contributed by atoms with Crippen LogP contribution in [0, 0.1) is 13.8 Å². The molecule has 102 valence electrons. The van der Waals surface area contributed by atoms with Gasteiger partial charge in [-0.2, -0.15) is 0 Å². The summed E-state index contributed by atoms with van der Waals surface area (Å²) in [6.07, 6.45) is 0. The van der Waals surface area contributed by atoms with Crippen LogP contribution >= 0.6 is 27.3 Å². The van der Waals surface area contributed by atoms with E-state index < -0.39 is 0 Å². The van der Waals surface area contributed by atoms with Crippen LogP contribution in [0.3, 0.4) is 0 Å². The fourth-order valence-electron chi connectivity index (χ4n) is 2.27. The quantitative estimate of drug-likeness (QED) is 0.854. The van der Waals surface area contributed by atoms with E-state index in [9.17, 15) is 0 Å². The van der Waals surface area contributed by atoms with Crippen molar-refractivity contribution in [1.82, 2.24) is 10.3 Å². The molecule has 0 fully saturated rings. The van der Waals surface area contributed by atoms with E-state index in [0.29, 0.717) is 6.04 Å². The lowest BCUT2D eigenvalue weighted by atomic mass is 10.1. The Morgan fingerprint density at radius 3 is 2.53 bits per heavy atom. The monoisotopic (exact) mass is 338 g/mol. The van der Waals surface area contributed by atoms with Crippen molar-refractivity contribution < 1.29 is 0 Å². The summed E-state index contributed by atoms with van der Waals surface area (Å²) in [7, 11) is 0. The Morgan fingerprint density at radius 1 is 1.21 bits per heavy atom. The minimum Gasteiger partial charge on any atom is -0.302 e. The van der Waals surface area contributed by atoms with E-state index in [1.165, 1.54) is 16.1 Å². The topological polar surface area (TPSA) is 24.9 Å². The molecule has 1 N–H and O–H groups in total. The van der Waals surface area contributed by atoms with Crippen molar-refractivity contribution in [2.45, 2.75) is 39.8 Å². The smallest absolute Gasteiger partial charge is 0.0900 e. The first-order valence-electron chi connectivity index (χ1n) is 6.43. The zero-order chi connectivity index (χ0) is 14.0. The maximum absolute atomic E-state index is 4.62. The molecule has 0 saturated heterocycles. The third-order valence-corrected chi connectivity index (χ3v) is 4.59. The first kappa shape index (κ1) is 14.7. The van der Waals surface area contributed by atoms with Crippen molar-refractivity contribution in [3.8, 4) is 0 Å². The number of aryl methyl sites for hydroxylation is 2. The first-order valence-corrected chi connectivity index (χ1v) is 8.03. The van der Waals surface area contributed by atoms with Gasteiger partial charge >= 0.3 is 0 Å². The van der Waals surface area contributed by atoms with Gasteiger partial charge in [-0.05, 0) is 45.4 Å². The Bertz CT molecular complexity index is 565. The van der Waals surface area contributed by atoms with Gasteiger partial charge in [-0.1, -0.05) is 28.1 Å². The number of hydrogen-bond acceptors (Lipinski definition) is 3. The van der Waals surface area contributed by atoms with Gasteiger partial charge in [0, 0.05) is 21.4 Å². The highest BCUT2D eigenvalue weighted by molar-refractivity contribution is 9.10. The molecule has 1 aromatic heterocycles. The van der Waals surface area contributed by atoms with Crippen molar-refractivity contribution in [1.29, 1.82) is 0 Å². The molecule has 2 atom stereocenters. The summed E-state index contributed by atoms with van der Waals surface area (Å²) in [5, 5.41) is 4.75. The van der Waals surface area contributed by atoms with E-state index >= 15 is 0 Å². The Kier molecular flexibility index (Phi) is 4.76. The molecule has 0 aliphatic carbocycles. The molecule has 0 amide bonds. The first-order chi connectivity index (χ1) is 8.97. The second-order valence-corrected chi connectivity index (χ2v) is 7.16. The molecular weight excluding hydrogens is 320 g/mol. The average Bonchev–Trinajstić information content (AvgIpc) is 2.68. The van der Waals surface area contributed by atoms with Gasteiger partial charge in [-0.15, -0.1) is 11.3 Å². The van der Waals surface area contributed by atoms with Crippen LogP contribution < -0.4 is 5.32 Å². The maximum atomic E-state index is 4.62. The maximum Gasteiger partial charge on any atom is 0.0900 e.